The van der Waals surface area contributed by atoms with E-state index in [1.165, 1.54) is 6.33 Å². The molecule has 8 heteroatoms. The van der Waals surface area contributed by atoms with Crippen molar-refractivity contribution in [3.8, 4) is 0 Å². The number of fused-ring (bicyclic) bond motifs is 1. The molecule has 166 valence electrons. The van der Waals surface area contributed by atoms with Gasteiger partial charge in [0.25, 0.3) is 0 Å². The van der Waals surface area contributed by atoms with Crippen molar-refractivity contribution in [1.82, 2.24) is 15.0 Å². The third kappa shape index (κ3) is 4.24. The van der Waals surface area contributed by atoms with Crippen molar-refractivity contribution in [2.24, 2.45) is 0 Å². The van der Waals surface area contributed by atoms with Gasteiger partial charge in [0.05, 0.1) is 16.5 Å². The van der Waals surface area contributed by atoms with Gasteiger partial charge >= 0.3 is 5.69 Å². The van der Waals surface area contributed by atoms with Crippen LogP contribution in [0.2, 0.25) is 0 Å². The van der Waals surface area contributed by atoms with E-state index in [9.17, 15) is 10.1 Å². The van der Waals surface area contributed by atoms with E-state index in [2.05, 4.69) is 25.6 Å². The van der Waals surface area contributed by atoms with Crippen LogP contribution in [0.5, 0.6) is 0 Å². The monoisotopic (exact) mass is 448 g/mol. The Morgan fingerprint density at radius 2 is 1.41 bits per heavy atom. The largest absolute Gasteiger partial charge is 0.353 e. The van der Waals surface area contributed by atoms with Crippen molar-refractivity contribution in [2.45, 2.75) is 6.04 Å². The van der Waals surface area contributed by atoms with Gasteiger partial charge in [-0.05, 0) is 35.4 Å². The zero-order valence-electron chi connectivity index (χ0n) is 18.0. The van der Waals surface area contributed by atoms with Crippen molar-refractivity contribution in [3.05, 3.63) is 125 Å². The minimum Gasteiger partial charge on any atom is -0.353 e. The first-order valence-corrected chi connectivity index (χ1v) is 10.7. The van der Waals surface area contributed by atoms with Crippen LogP contribution in [-0.4, -0.2) is 19.9 Å². The van der Waals surface area contributed by atoms with Gasteiger partial charge in [-0.15, -0.1) is 0 Å². The fourth-order valence-corrected chi connectivity index (χ4v) is 3.88. The molecule has 8 nitrogen and oxygen atoms in total. The second-order valence-electron chi connectivity index (χ2n) is 7.58. The molecule has 0 amide bonds. The number of hydrogen-bond acceptors (Lipinski definition) is 7. The summed E-state index contributed by atoms with van der Waals surface area (Å²) in [5.41, 5.74) is 3.12. The van der Waals surface area contributed by atoms with Crippen LogP contribution in [0.4, 0.5) is 23.0 Å². The Labute approximate surface area is 195 Å². The van der Waals surface area contributed by atoms with Crippen molar-refractivity contribution in [3.63, 3.8) is 0 Å². The van der Waals surface area contributed by atoms with Crippen molar-refractivity contribution in [1.29, 1.82) is 0 Å². The lowest BCUT2D eigenvalue weighted by Gasteiger charge is -2.20. The van der Waals surface area contributed by atoms with Gasteiger partial charge in [0.15, 0.2) is 0 Å². The number of pyridine rings is 1. The quantitative estimate of drug-likeness (QED) is 0.237. The van der Waals surface area contributed by atoms with E-state index in [0.29, 0.717) is 5.69 Å². The van der Waals surface area contributed by atoms with E-state index >= 15 is 0 Å². The summed E-state index contributed by atoms with van der Waals surface area (Å²) in [6.07, 6.45) is 3.02. The second-order valence-corrected chi connectivity index (χ2v) is 7.58. The molecule has 0 saturated carbocycles. The Balaban J connectivity index is 1.57. The molecule has 0 spiro atoms. The Hall–Kier alpha value is -4.85. The van der Waals surface area contributed by atoms with Gasteiger partial charge in [-0.1, -0.05) is 66.7 Å². The van der Waals surface area contributed by atoms with Crippen molar-refractivity contribution < 1.29 is 4.92 Å². The van der Waals surface area contributed by atoms with Gasteiger partial charge in [0.1, 0.15) is 6.33 Å². The topological polar surface area (TPSA) is 106 Å². The normalized spacial score (nSPS) is 10.9. The van der Waals surface area contributed by atoms with Crippen LogP contribution in [-0.2, 0) is 0 Å². The third-order valence-corrected chi connectivity index (χ3v) is 5.45. The van der Waals surface area contributed by atoms with Crippen LogP contribution in [0.25, 0.3) is 10.9 Å². The highest BCUT2D eigenvalue weighted by Gasteiger charge is 2.26. The Morgan fingerprint density at radius 3 is 2.09 bits per heavy atom. The van der Waals surface area contributed by atoms with E-state index in [-0.39, 0.29) is 23.4 Å². The molecule has 0 radical (unpaired) electrons. The third-order valence-electron chi connectivity index (χ3n) is 5.45. The molecule has 2 N–H and O–H groups in total. The molecule has 34 heavy (non-hydrogen) atoms. The van der Waals surface area contributed by atoms with Crippen LogP contribution in [0.3, 0.4) is 0 Å². The highest BCUT2D eigenvalue weighted by molar-refractivity contribution is 5.93. The van der Waals surface area contributed by atoms with Crippen LogP contribution >= 0.6 is 0 Å². The minimum atomic E-state index is -0.471. The molecule has 0 unspecified atom stereocenters. The number of nitrogens with zero attached hydrogens (tertiary/aromatic N) is 4. The van der Waals surface area contributed by atoms with E-state index in [4.69, 9.17) is 0 Å². The first-order valence-electron chi connectivity index (χ1n) is 10.7. The fourth-order valence-electron chi connectivity index (χ4n) is 3.88. The van der Waals surface area contributed by atoms with Crippen LogP contribution in [0, 0.1) is 10.1 Å². The Kier molecular flexibility index (Phi) is 5.77. The standard InChI is InChI=1S/C26H20N6O2/c33-32(34)24-25(30-22-15-7-14-21-20(22)13-8-16-27-21)28-17-29-26(24)31-23(18-9-3-1-4-10-18)19-11-5-2-6-12-19/h1-17,23H,(H2,28,29,30,31). The maximum absolute atomic E-state index is 12.2. The molecule has 0 aliphatic rings. The maximum atomic E-state index is 12.2. The van der Waals surface area contributed by atoms with Crippen LogP contribution in [0.15, 0.2) is 104 Å². The van der Waals surface area contributed by atoms with E-state index in [0.717, 1.165) is 22.0 Å². The average molecular weight is 448 g/mol. The summed E-state index contributed by atoms with van der Waals surface area (Å²) in [6, 6.07) is 28.4. The number of rotatable bonds is 7. The van der Waals surface area contributed by atoms with Gasteiger partial charge in [-0.25, -0.2) is 9.97 Å². The Bertz CT molecular complexity index is 1400. The lowest BCUT2D eigenvalue weighted by atomic mass is 9.99. The number of benzene rings is 3. The summed E-state index contributed by atoms with van der Waals surface area (Å²) < 4.78 is 0. The Morgan fingerprint density at radius 1 is 0.735 bits per heavy atom. The van der Waals surface area contributed by atoms with Crippen LogP contribution < -0.4 is 10.6 Å². The molecular formula is C26H20N6O2. The summed E-state index contributed by atoms with van der Waals surface area (Å²) in [5, 5.41) is 19.4. The van der Waals surface area contributed by atoms with Gasteiger partial charge < -0.3 is 10.6 Å². The number of nitro groups is 1. The SMILES string of the molecule is O=[N+]([O-])c1c(Nc2cccc3ncccc23)ncnc1NC(c1ccccc1)c1ccccc1. The number of nitrogens with one attached hydrogen (secondary N) is 2. The molecule has 0 saturated heterocycles. The zero-order chi connectivity index (χ0) is 23.3. The number of anilines is 3. The van der Waals surface area contributed by atoms with E-state index in [1.54, 1.807) is 6.20 Å². The van der Waals surface area contributed by atoms with E-state index < -0.39 is 4.92 Å². The highest BCUT2D eigenvalue weighted by Crippen LogP contribution is 2.36. The van der Waals surface area contributed by atoms with Gasteiger partial charge in [-0.3, -0.25) is 15.1 Å². The van der Waals surface area contributed by atoms with Gasteiger partial charge in [-0.2, -0.15) is 0 Å². The first-order chi connectivity index (χ1) is 16.7. The highest BCUT2D eigenvalue weighted by atomic mass is 16.6. The molecule has 2 aromatic heterocycles. The summed E-state index contributed by atoms with van der Waals surface area (Å²) >= 11 is 0. The molecule has 0 fully saturated rings. The molecular weight excluding hydrogens is 428 g/mol. The fraction of sp³-hybridized carbons (Fsp3) is 0.0385. The molecule has 0 aliphatic heterocycles. The number of hydrogen-bond donors (Lipinski definition) is 2. The lowest BCUT2D eigenvalue weighted by Crippen LogP contribution is -2.15. The smallest absolute Gasteiger partial charge is 0.353 e. The van der Waals surface area contributed by atoms with E-state index in [1.807, 2.05) is 91.0 Å². The molecule has 5 rings (SSSR count). The second kappa shape index (κ2) is 9.33. The molecule has 0 bridgehead atoms. The summed E-state index contributed by atoms with van der Waals surface area (Å²) in [6.45, 7) is 0. The predicted octanol–water partition coefficient (Wildman–Crippen LogP) is 5.88. The maximum Gasteiger partial charge on any atom is 0.353 e. The molecule has 2 heterocycles. The summed E-state index contributed by atoms with van der Waals surface area (Å²) in [4.78, 5) is 24.5. The first kappa shape index (κ1) is 21.0. The predicted molar refractivity (Wildman–Crippen MR) is 132 cm³/mol. The molecule has 5 aromatic rings. The molecule has 3 aromatic carbocycles. The number of aromatic nitrogens is 3. The lowest BCUT2D eigenvalue weighted by molar-refractivity contribution is -0.383. The van der Waals surface area contributed by atoms with Gasteiger partial charge in [0, 0.05) is 17.3 Å². The minimum absolute atomic E-state index is 0.0960. The molecule has 0 aliphatic carbocycles. The summed E-state index contributed by atoms with van der Waals surface area (Å²) in [5.74, 6) is 0.220. The summed E-state index contributed by atoms with van der Waals surface area (Å²) in [7, 11) is 0. The van der Waals surface area contributed by atoms with Crippen molar-refractivity contribution >= 4 is 33.9 Å². The van der Waals surface area contributed by atoms with Crippen molar-refractivity contribution in [2.75, 3.05) is 10.6 Å². The van der Waals surface area contributed by atoms with Crippen LogP contribution in [0.1, 0.15) is 17.2 Å². The zero-order valence-corrected chi connectivity index (χ0v) is 18.0. The molecule has 0 atom stereocenters. The average Bonchev–Trinajstić information content (AvgIpc) is 2.88. The van der Waals surface area contributed by atoms with Gasteiger partial charge in [0.2, 0.25) is 11.6 Å².